The van der Waals surface area contributed by atoms with Crippen molar-refractivity contribution in [3.05, 3.63) is 36.7 Å². The Labute approximate surface area is 82.6 Å². The first-order chi connectivity index (χ1) is 6.38. The molecular formula is C11H13N3. The quantitative estimate of drug-likeness (QED) is 0.530. The Morgan fingerprint density at radius 1 is 1.14 bits per heavy atom. The second kappa shape index (κ2) is 2.87. The fraction of sp³-hybridized carbons (Fsp3) is 0.182. The Hall–Kier alpha value is -1.77. The Morgan fingerprint density at radius 3 is 2.64 bits per heavy atom. The molecule has 1 aromatic carbocycles. The Balaban J connectivity index is 0.000000750. The van der Waals surface area contributed by atoms with E-state index < -0.39 is 0 Å². The van der Waals surface area contributed by atoms with Crippen LogP contribution in [0.15, 0.2) is 36.7 Å². The van der Waals surface area contributed by atoms with Crippen molar-refractivity contribution in [1.82, 2.24) is 14.0 Å². The predicted molar refractivity (Wildman–Crippen MR) is 58.4 cm³/mol. The van der Waals surface area contributed by atoms with Gasteiger partial charge in [-0.1, -0.05) is 19.6 Å². The molecular weight excluding hydrogens is 174 g/mol. The van der Waals surface area contributed by atoms with E-state index in [1.54, 1.807) is 0 Å². The summed E-state index contributed by atoms with van der Waals surface area (Å²) in [6.45, 7) is 0. The Kier molecular flexibility index (Phi) is 1.81. The zero-order valence-corrected chi connectivity index (χ0v) is 7.31. The van der Waals surface area contributed by atoms with E-state index in [1.165, 1.54) is 11.0 Å². The van der Waals surface area contributed by atoms with E-state index in [2.05, 4.69) is 26.1 Å². The topological polar surface area (TPSA) is 22.2 Å². The van der Waals surface area contributed by atoms with Gasteiger partial charge in [0.2, 0.25) is 5.78 Å². The second-order valence-corrected chi connectivity index (χ2v) is 3.14. The van der Waals surface area contributed by atoms with Crippen LogP contribution in [-0.4, -0.2) is 14.0 Å². The van der Waals surface area contributed by atoms with E-state index in [-0.39, 0.29) is 7.43 Å². The van der Waals surface area contributed by atoms with Gasteiger partial charge >= 0.3 is 0 Å². The molecule has 0 radical (unpaired) electrons. The number of fused-ring (bicyclic) bond motifs is 3. The van der Waals surface area contributed by atoms with Crippen molar-refractivity contribution in [2.24, 2.45) is 7.05 Å². The largest absolute Gasteiger partial charge is 0.313 e. The van der Waals surface area contributed by atoms with Gasteiger partial charge in [-0.3, -0.25) is 4.40 Å². The molecule has 0 aliphatic rings. The summed E-state index contributed by atoms with van der Waals surface area (Å²) < 4.78 is 4.19. The van der Waals surface area contributed by atoms with Crippen molar-refractivity contribution in [3.8, 4) is 0 Å². The number of aryl methyl sites for hydroxylation is 1. The average molecular weight is 187 g/mol. The molecule has 72 valence electrons. The highest BCUT2D eigenvalue weighted by Gasteiger charge is 2.05. The third-order valence-corrected chi connectivity index (χ3v) is 2.42. The molecule has 14 heavy (non-hydrogen) atoms. The lowest BCUT2D eigenvalue weighted by atomic mass is 10.3. The van der Waals surface area contributed by atoms with E-state index in [1.807, 2.05) is 31.6 Å². The summed E-state index contributed by atoms with van der Waals surface area (Å²) in [7, 11) is 2.03. The minimum absolute atomic E-state index is 0. The summed E-state index contributed by atoms with van der Waals surface area (Å²) in [5, 5.41) is 0. The lowest BCUT2D eigenvalue weighted by Gasteiger charge is -1.92. The molecule has 0 saturated carbocycles. The first-order valence-electron chi connectivity index (χ1n) is 4.24. The zero-order chi connectivity index (χ0) is 8.84. The standard InChI is InChI=1S/C10H9N3.CH4/c1-12-8-4-2-3-5-9(8)13-7-6-11-10(12)13;/h2-7H,1H3;1H4. The Bertz CT molecular complexity index is 574. The van der Waals surface area contributed by atoms with Crippen molar-refractivity contribution in [2.45, 2.75) is 7.43 Å². The van der Waals surface area contributed by atoms with Crippen LogP contribution in [0, 0.1) is 0 Å². The van der Waals surface area contributed by atoms with Gasteiger partial charge < -0.3 is 4.57 Å². The number of rotatable bonds is 0. The molecule has 0 N–H and O–H groups in total. The molecule has 0 spiro atoms. The van der Waals surface area contributed by atoms with Crippen LogP contribution in [0.25, 0.3) is 16.8 Å². The minimum atomic E-state index is 0. The molecule has 0 bridgehead atoms. The summed E-state index contributed by atoms with van der Waals surface area (Å²) in [6, 6.07) is 8.29. The summed E-state index contributed by atoms with van der Waals surface area (Å²) in [5.74, 6) is 0.987. The third kappa shape index (κ3) is 0.894. The maximum absolute atomic E-state index is 4.28. The van der Waals surface area contributed by atoms with Gasteiger partial charge in [-0.25, -0.2) is 4.98 Å². The number of para-hydroxylation sites is 2. The van der Waals surface area contributed by atoms with Crippen molar-refractivity contribution in [1.29, 1.82) is 0 Å². The molecule has 0 saturated heterocycles. The van der Waals surface area contributed by atoms with Crippen molar-refractivity contribution in [2.75, 3.05) is 0 Å². The smallest absolute Gasteiger partial charge is 0.214 e. The van der Waals surface area contributed by atoms with Crippen LogP contribution in [0.1, 0.15) is 7.43 Å². The molecule has 0 fully saturated rings. The second-order valence-electron chi connectivity index (χ2n) is 3.14. The molecule has 0 unspecified atom stereocenters. The molecule has 0 amide bonds. The normalized spacial score (nSPS) is 10.6. The lowest BCUT2D eigenvalue weighted by Crippen LogP contribution is -1.87. The van der Waals surface area contributed by atoms with Crippen LogP contribution in [0.5, 0.6) is 0 Å². The van der Waals surface area contributed by atoms with E-state index in [0.29, 0.717) is 0 Å². The van der Waals surface area contributed by atoms with Crippen molar-refractivity contribution < 1.29 is 0 Å². The fourth-order valence-electron chi connectivity index (χ4n) is 1.79. The summed E-state index contributed by atoms with van der Waals surface area (Å²) in [5.41, 5.74) is 2.42. The Morgan fingerprint density at radius 2 is 1.86 bits per heavy atom. The molecule has 3 nitrogen and oxygen atoms in total. The fourth-order valence-corrected chi connectivity index (χ4v) is 1.79. The van der Waals surface area contributed by atoms with Gasteiger partial charge in [0.1, 0.15) is 0 Å². The van der Waals surface area contributed by atoms with Crippen molar-refractivity contribution >= 4 is 16.8 Å². The van der Waals surface area contributed by atoms with Crippen LogP contribution < -0.4 is 0 Å². The van der Waals surface area contributed by atoms with Gasteiger partial charge in [-0.2, -0.15) is 0 Å². The highest BCUT2D eigenvalue weighted by molar-refractivity contribution is 5.80. The van der Waals surface area contributed by atoms with Crippen LogP contribution in [0.4, 0.5) is 0 Å². The van der Waals surface area contributed by atoms with Gasteiger partial charge in [0, 0.05) is 19.4 Å². The highest BCUT2D eigenvalue weighted by atomic mass is 15.2. The summed E-state index contributed by atoms with van der Waals surface area (Å²) in [4.78, 5) is 4.28. The molecule has 2 heterocycles. The van der Waals surface area contributed by atoms with E-state index in [9.17, 15) is 0 Å². The molecule has 3 rings (SSSR count). The first kappa shape index (κ1) is 8.81. The number of nitrogens with zero attached hydrogens (tertiary/aromatic N) is 3. The van der Waals surface area contributed by atoms with E-state index in [4.69, 9.17) is 0 Å². The van der Waals surface area contributed by atoms with Crippen LogP contribution >= 0.6 is 0 Å². The predicted octanol–water partition coefficient (Wildman–Crippen LogP) is 2.46. The average Bonchev–Trinajstić information content (AvgIpc) is 2.72. The van der Waals surface area contributed by atoms with Crippen LogP contribution in [-0.2, 0) is 7.05 Å². The maximum atomic E-state index is 4.28. The molecule has 0 aliphatic heterocycles. The van der Waals surface area contributed by atoms with Gasteiger partial charge in [-0.15, -0.1) is 0 Å². The number of imidazole rings is 2. The summed E-state index contributed by atoms with van der Waals surface area (Å²) >= 11 is 0. The monoisotopic (exact) mass is 187 g/mol. The lowest BCUT2D eigenvalue weighted by molar-refractivity contribution is 0.970. The number of aromatic nitrogens is 3. The minimum Gasteiger partial charge on any atom is -0.313 e. The SMILES string of the molecule is C.Cn1c2ccccc2n2ccnc12. The van der Waals surface area contributed by atoms with Crippen LogP contribution in [0.3, 0.4) is 0 Å². The molecule has 0 aliphatic carbocycles. The van der Waals surface area contributed by atoms with Gasteiger partial charge in [0.05, 0.1) is 11.0 Å². The van der Waals surface area contributed by atoms with Gasteiger partial charge in [-0.05, 0) is 12.1 Å². The number of hydrogen-bond donors (Lipinski definition) is 0. The van der Waals surface area contributed by atoms with Gasteiger partial charge in [0.25, 0.3) is 0 Å². The zero-order valence-electron chi connectivity index (χ0n) is 7.31. The molecule has 3 aromatic rings. The first-order valence-corrected chi connectivity index (χ1v) is 4.24. The summed E-state index contributed by atoms with van der Waals surface area (Å²) in [6.07, 6.45) is 3.80. The number of hydrogen-bond acceptors (Lipinski definition) is 1. The van der Waals surface area contributed by atoms with Crippen LogP contribution in [0.2, 0.25) is 0 Å². The molecule has 2 aromatic heterocycles. The van der Waals surface area contributed by atoms with Crippen molar-refractivity contribution in [3.63, 3.8) is 0 Å². The van der Waals surface area contributed by atoms with Gasteiger partial charge in [0.15, 0.2) is 0 Å². The molecule has 0 atom stereocenters. The molecule has 3 heteroatoms. The van der Waals surface area contributed by atoms with E-state index >= 15 is 0 Å². The van der Waals surface area contributed by atoms with E-state index in [0.717, 1.165) is 5.78 Å². The third-order valence-electron chi connectivity index (χ3n) is 2.42. The maximum Gasteiger partial charge on any atom is 0.214 e. The number of benzene rings is 1. The highest BCUT2D eigenvalue weighted by Crippen LogP contribution is 2.17.